The van der Waals surface area contributed by atoms with Crippen LogP contribution in [0.3, 0.4) is 0 Å². The predicted molar refractivity (Wildman–Crippen MR) is 77.4 cm³/mol. The first-order chi connectivity index (χ1) is 8.83. The first-order valence-electron chi connectivity index (χ1n) is 6.74. The zero-order valence-electron chi connectivity index (χ0n) is 12.3. The summed E-state index contributed by atoms with van der Waals surface area (Å²) in [6.45, 7) is 8.69. The molecule has 4 nitrogen and oxygen atoms in total. The molecule has 0 saturated heterocycles. The Morgan fingerprint density at radius 1 is 1.47 bits per heavy atom. The van der Waals surface area contributed by atoms with Gasteiger partial charge in [0.25, 0.3) is 0 Å². The molecule has 1 unspecified atom stereocenters. The van der Waals surface area contributed by atoms with Crippen molar-refractivity contribution in [1.29, 1.82) is 0 Å². The van der Waals surface area contributed by atoms with E-state index in [2.05, 4.69) is 31.1 Å². The van der Waals surface area contributed by atoms with Gasteiger partial charge in [-0.3, -0.25) is 9.78 Å². The summed E-state index contributed by atoms with van der Waals surface area (Å²) in [4.78, 5) is 16.3. The van der Waals surface area contributed by atoms with E-state index >= 15 is 0 Å². The lowest BCUT2D eigenvalue weighted by molar-refractivity contribution is -0.126. The van der Waals surface area contributed by atoms with E-state index in [0.29, 0.717) is 6.54 Å². The summed E-state index contributed by atoms with van der Waals surface area (Å²) in [6.07, 6.45) is 4.28. The number of aromatic nitrogens is 1. The van der Waals surface area contributed by atoms with Crippen molar-refractivity contribution in [1.82, 2.24) is 10.3 Å². The van der Waals surface area contributed by atoms with Crippen molar-refractivity contribution in [2.75, 3.05) is 6.54 Å². The predicted octanol–water partition coefficient (Wildman–Crippen LogP) is 2.27. The number of nitrogens with two attached hydrogens (primary N) is 1. The topological polar surface area (TPSA) is 68.0 Å². The number of hydrogen-bond acceptors (Lipinski definition) is 3. The Labute approximate surface area is 115 Å². The lowest BCUT2D eigenvalue weighted by Gasteiger charge is -2.25. The van der Waals surface area contributed by atoms with Crippen LogP contribution in [-0.4, -0.2) is 17.4 Å². The van der Waals surface area contributed by atoms with Crippen LogP contribution in [0, 0.1) is 11.3 Å². The Kier molecular flexibility index (Phi) is 5.48. The Morgan fingerprint density at radius 3 is 2.63 bits per heavy atom. The second kappa shape index (κ2) is 6.66. The van der Waals surface area contributed by atoms with Gasteiger partial charge >= 0.3 is 0 Å². The van der Waals surface area contributed by atoms with Crippen molar-refractivity contribution >= 4 is 5.91 Å². The van der Waals surface area contributed by atoms with Gasteiger partial charge in [-0.05, 0) is 30.4 Å². The third-order valence-electron chi connectivity index (χ3n) is 3.06. The minimum atomic E-state index is -0.140. The fourth-order valence-electron chi connectivity index (χ4n) is 2.07. The normalized spacial score (nSPS) is 14.8. The summed E-state index contributed by atoms with van der Waals surface area (Å²) < 4.78 is 0. The van der Waals surface area contributed by atoms with Crippen LogP contribution in [-0.2, 0) is 4.79 Å². The lowest BCUT2D eigenvalue weighted by Crippen LogP contribution is -2.38. The van der Waals surface area contributed by atoms with Gasteiger partial charge in [-0.15, -0.1) is 0 Å². The maximum atomic E-state index is 12.2. The molecule has 0 radical (unpaired) electrons. The van der Waals surface area contributed by atoms with Crippen LogP contribution in [0.2, 0.25) is 0 Å². The molecule has 4 heteroatoms. The second-order valence-electron chi connectivity index (χ2n) is 6.21. The van der Waals surface area contributed by atoms with Gasteiger partial charge < -0.3 is 11.1 Å². The third kappa shape index (κ3) is 5.39. The standard InChI is InChI=1S/C15H25N3O/c1-11(12-6-5-7-17-10-12)18-14(19)13(9-16)8-15(2,3)4/h5-7,10-11,13H,8-9,16H2,1-4H3,(H,18,19)/t11-,13?/m1/s1. The van der Waals surface area contributed by atoms with Crippen LogP contribution < -0.4 is 11.1 Å². The highest BCUT2D eigenvalue weighted by Crippen LogP contribution is 2.24. The van der Waals surface area contributed by atoms with E-state index in [1.807, 2.05) is 19.1 Å². The number of nitrogens with one attached hydrogen (secondary N) is 1. The van der Waals surface area contributed by atoms with Gasteiger partial charge in [0.05, 0.1) is 12.0 Å². The van der Waals surface area contributed by atoms with Crippen LogP contribution in [0.4, 0.5) is 0 Å². The first kappa shape index (κ1) is 15.6. The second-order valence-corrected chi connectivity index (χ2v) is 6.21. The quantitative estimate of drug-likeness (QED) is 0.856. The molecule has 0 aliphatic carbocycles. The highest BCUT2D eigenvalue weighted by atomic mass is 16.1. The van der Waals surface area contributed by atoms with Gasteiger partial charge in [-0.2, -0.15) is 0 Å². The van der Waals surface area contributed by atoms with Crippen LogP contribution in [0.5, 0.6) is 0 Å². The summed E-state index contributed by atoms with van der Waals surface area (Å²) >= 11 is 0. The molecule has 106 valence electrons. The fraction of sp³-hybridized carbons (Fsp3) is 0.600. The molecule has 0 aromatic carbocycles. The molecule has 1 heterocycles. The fourth-order valence-corrected chi connectivity index (χ4v) is 2.07. The molecule has 0 spiro atoms. The molecule has 3 N–H and O–H groups in total. The van der Waals surface area contributed by atoms with E-state index in [9.17, 15) is 4.79 Å². The van der Waals surface area contributed by atoms with Crippen LogP contribution >= 0.6 is 0 Å². The van der Waals surface area contributed by atoms with E-state index in [1.165, 1.54) is 0 Å². The van der Waals surface area contributed by atoms with E-state index < -0.39 is 0 Å². The van der Waals surface area contributed by atoms with Gasteiger partial charge in [0.2, 0.25) is 5.91 Å². The Morgan fingerprint density at radius 2 is 2.16 bits per heavy atom. The van der Waals surface area contributed by atoms with Crippen LogP contribution in [0.15, 0.2) is 24.5 Å². The lowest BCUT2D eigenvalue weighted by atomic mass is 9.84. The average molecular weight is 263 g/mol. The van der Waals surface area contributed by atoms with Crippen molar-refractivity contribution in [3.8, 4) is 0 Å². The molecular weight excluding hydrogens is 238 g/mol. The smallest absolute Gasteiger partial charge is 0.224 e. The Bertz CT molecular complexity index is 398. The molecule has 19 heavy (non-hydrogen) atoms. The SMILES string of the molecule is C[C@@H](NC(=O)C(CN)CC(C)(C)C)c1cccnc1. The maximum absolute atomic E-state index is 12.2. The minimum Gasteiger partial charge on any atom is -0.349 e. The van der Waals surface area contributed by atoms with Crippen LogP contribution in [0.25, 0.3) is 0 Å². The van der Waals surface area contributed by atoms with Crippen LogP contribution in [0.1, 0.15) is 45.7 Å². The zero-order chi connectivity index (χ0) is 14.5. The molecule has 1 rings (SSSR count). The van der Waals surface area contributed by atoms with Crippen molar-refractivity contribution < 1.29 is 4.79 Å². The van der Waals surface area contributed by atoms with E-state index in [0.717, 1.165) is 12.0 Å². The van der Waals surface area contributed by atoms with E-state index in [-0.39, 0.29) is 23.3 Å². The molecule has 2 atom stereocenters. The Balaban J connectivity index is 2.62. The monoisotopic (exact) mass is 263 g/mol. The molecule has 0 saturated carbocycles. The summed E-state index contributed by atoms with van der Waals surface area (Å²) in [5.74, 6) is -0.118. The van der Waals surface area contributed by atoms with Crippen molar-refractivity contribution in [3.05, 3.63) is 30.1 Å². The molecule has 0 bridgehead atoms. The van der Waals surface area contributed by atoms with Gasteiger partial charge in [0.1, 0.15) is 0 Å². The summed E-state index contributed by atoms with van der Waals surface area (Å²) in [6, 6.07) is 3.78. The highest BCUT2D eigenvalue weighted by molar-refractivity contribution is 5.79. The summed E-state index contributed by atoms with van der Waals surface area (Å²) in [7, 11) is 0. The Hall–Kier alpha value is -1.42. The van der Waals surface area contributed by atoms with Gasteiger partial charge in [0, 0.05) is 18.9 Å². The molecule has 0 aliphatic rings. The molecule has 0 fully saturated rings. The molecule has 1 aromatic heterocycles. The van der Waals surface area contributed by atoms with Gasteiger partial charge in [0.15, 0.2) is 0 Å². The van der Waals surface area contributed by atoms with E-state index in [4.69, 9.17) is 5.73 Å². The molecule has 1 amide bonds. The number of rotatable bonds is 5. The number of carbonyl (C=O) groups excluding carboxylic acids is 1. The number of amides is 1. The van der Waals surface area contributed by atoms with E-state index in [1.54, 1.807) is 12.4 Å². The first-order valence-corrected chi connectivity index (χ1v) is 6.74. The summed E-state index contributed by atoms with van der Waals surface area (Å²) in [5, 5.41) is 3.01. The number of nitrogens with zero attached hydrogens (tertiary/aromatic N) is 1. The molecule has 0 aliphatic heterocycles. The summed E-state index contributed by atoms with van der Waals surface area (Å²) in [5.41, 5.74) is 6.82. The molecular formula is C15H25N3O. The van der Waals surface area contributed by atoms with Crippen molar-refractivity contribution in [2.24, 2.45) is 17.1 Å². The third-order valence-corrected chi connectivity index (χ3v) is 3.06. The minimum absolute atomic E-state index is 0.0220. The maximum Gasteiger partial charge on any atom is 0.224 e. The number of carbonyl (C=O) groups is 1. The zero-order valence-corrected chi connectivity index (χ0v) is 12.3. The largest absolute Gasteiger partial charge is 0.349 e. The van der Waals surface area contributed by atoms with Gasteiger partial charge in [-0.1, -0.05) is 26.8 Å². The number of pyridine rings is 1. The average Bonchev–Trinajstić information content (AvgIpc) is 2.35. The number of hydrogen-bond donors (Lipinski definition) is 2. The van der Waals surface area contributed by atoms with Gasteiger partial charge in [-0.25, -0.2) is 0 Å². The highest BCUT2D eigenvalue weighted by Gasteiger charge is 2.24. The molecule has 1 aromatic rings. The van der Waals surface area contributed by atoms with Crippen molar-refractivity contribution in [2.45, 2.75) is 40.2 Å². The van der Waals surface area contributed by atoms with Crippen molar-refractivity contribution in [3.63, 3.8) is 0 Å².